The molecule has 0 atom stereocenters. The van der Waals surface area contributed by atoms with Crippen LogP contribution in [-0.4, -0.2) is 38.7 Å². The van der Waals surface area contributed by atoms with Crippen LogP contribution in [0.25, 0.3) is 0 Å². The van der Waals surface area contributed by atoms with E-state index >= 15 is 0 Å². The van der Waals surface area contributed by atoms with Gasteiger partial charge in [0.25, 0.3) is 5.91 Å². The lowest BCUT2D eigenvalue weighted by atomic mass is 10.2. The van der Waals surface area contributed by atoms with Crippen molar-refractivity contribution in [1.29, 1.82) is 0 Å². The van der Waals surface area contributed by atoms with Crippen LogP contribution in [-0.2, 0) is 9.53 Å². The van der Waals surface area contributed by atoms with E-state index in [0.717, 1.165) is 0 Å². The molecule has 0 radical (unpaired) electrons. The zero-order chi connectivity index (χ0) is 19.8. The molecule has 0 aliphatic carbocycles. The van der Waals surface area contributed by atoms with Gasteiger partial charge in [0.2, 0.25) is 0 Å². The van der Waals surface area contributed by atoms with Crippen LogP contribution in [0.15, 0.2) is 42.5 Å². The first kappa shape index (κ1) is 19.6. The predicted octanol–water partition coefficient (Wildman–Crippen LogP) is 1.99. The number of esters is 1. The standard InChI is InChI=1S/C18H19N3O6/c1-25-14-7-13(8-15(9-14)26-2)20-16(22)10-27-17(23)11-3-5-12(6-4-11)21-18(19)24/h3-9H,10H2,1-2H3,(H,20,22)(H3,19,21,24). The largest absolute Gasteiger partial charge is 0.497 e. The first-order chi connectivity index (χ1) is 12.9. The minimum Gasteiger partial charge on any atom is -0.497 e. The molecule has 0 heterocycles. The molecule has 0 saturated heterocycles. The second kappa shape index (κ2) is 9.09. The van der Waals surface area contributed by atoms with Crippen molar-refractivity contribution >= 4 is 29.3 Å². The van der Waals surface area contributed by atoms with E-state index in [0.29, 0.717) is 22.9 Å². The maximum atomic E-state index is 12.0. The van der Waals surface area contributed by atoms with Gasteiger partial charge in [-0.2, -0.15) is 0 Å². The van der Waals surface area contributed by atoms with E-state index in [-0.39, 0.29) is 5.56 Å². The molecule has 0 bridgehead atoms. The summed E-state index contributed by atoms with van der Waals surface area (Å²) >= 11 is 0. The zero-order valence-corrected chi connectivity index (χ0v) is 14.8. The number of nitrogens with two attached hydrogens (primary N) is 1. The summed E-state index contributed by atoms with van der Waals surface area (Å²) in [4.78, 5) is 34.7. The highest BCUT2D eigenvalue weighted by Crippen LogP contribution is 2.25. The Morgan fingerprint density at radius 3 is 2.00 bits per heavy atom. The summed E-state index contributed by atoms with van der Waals surface area (Å²) in [6.45, 7) is -0.473. The maximum Gasteiger partial charge on any atom is 0.338 e. The van der Waals surface area contributed by atoms with Crippen LogP contribution in [0.1, 0.15) is 10.4 Å². The van der Waals surface area contributed by atoms with Crippen molar-refractivity contribution in [2.75, 3.05) is 31.5 Å². The number of hydrogen-bond donors (Lipinski definition) is 3. The summed E-state index contributed by atoms with van der Waals surface area (Å²) in [6, 6.07) is 10.0. The summed E-state index contributed by atoms with van der Waals surface area (Å²) < 4.78 is 15.2. The number of methoxy groups -OCH3 is 2. The Hall–Kier alpha value is -3.75. The second-order valence-electron chi connectivity index (χ2n) is 5.29. The zero-order valence-electron chi connectivity index (χ0n) is 14.8. The molecular formula is C18H19N3O6. The number of amides is 3. The molecule has 0 fully saturated rings. The van der Waals surface area contributed by atoms with Gasteiger partial charge in [-0.25, -0.2) is 9.59 Å². The normalized spacial score (nSPS) is 9.85. The molecule has 0 aliphatic rings. The quantitative estimate of drug-likeness (QED) is 0.637. The van der Waals surface area contributed by atoms with Gasteiger partial charge in [-0.15, -0.1) is 0 Å². The molecule has 2 aromatic rings. The topological polar surface area (TPSA) is 129 Å². The van der Waals surface area contributed by atoms with E-state index < -0.39 is 24.5 Å². The maximum absolute atomic E-state index is 12.0. The van der Waals surface area contributed by atoms with Crippen molar-refractivity contribution in [3.05, 3.63) is 48.0 Å². The van der Waals surface area contributed by atoms with Gasteiger partial charge in [-0.05, 0) is 24.3 Å². The van der Waals surface area contributed by atoms with Gasteiger partial charge in [-0.1, -0.05) is 0 Å². The minimum atomic E-state index is -0.712. The lowest BCUT2D eigenvalue weighted by Crippen LogP contribution is -2.21. The number of rotatable bonds is 7. The Labute approximate surface area is 155 Å². The van der Waals surface area contributed by atoms with Gasteiger partial charge in [-0.3, -0.25) is 4.79 Å². The molecule has 0 spiro atoms. The summed E-state index contributed by atoms with van der Waals surface area (Å²) in [7, 11) is 2.98. The van der Waals surface area contributed by atoms with Crippen molar-refractivity contribution < 1.29 is 28.6 Å². The van der Waals surface area contributed by atoms with Gasteiger partial charge in [0.15, 0.2) is 6.61 Å². The SMILES string of the molecule is COc1cc(NC(=O)COC(=O)c2ccc(NC(N)=O)cc2)cc(OC)c1. The Balaban J connectivity index is 1.91. The van der Waals surface area contributed by atoms with Crippen LogP contribution >= 0.6 is 0 Å². The van der Waals surface area contributed by atoms with E-state index in [4.69, 9.17) is 19.9 Å². The van der Waals surface area contributed by atoms with Crippen molar-refractivity contribution in [1.82, 2.24) is 0 Å². The molecule has 0 aromatic heterocycles. The third-order valence-electron chi connectivity index (χ3n) is 3.36. The van der Waals surface area contributed by atoms with E-state index in [1.54, 1.807) is 18.2 Å². The van der Waals surface area contributed by atoms with Crippen LogP contribution in [0.5, 0.6) is 11.5 Å². The van der Waals surface area contributed by atoms with E-state index in [1.807, 2.05) is 0 Å². The molecule has 3 amide bonds. The Morgan fingerprint density at radius 1 is 0.889 bits per heavy atom. The summed E-state index contributed by atoms with van der Waals surface area (Å²) in [5.74, 6) is -0.192. The number of primary amides is 1. The van der Waals surface area contributed by atoms with Crippen LogP contribution in [0.2, 0.25) is 0 Å². The van der Waals surface area contributed by atoms with Crippen LogP contribution in [0.4, 0.5) is 16.2 Å². The molecule has 2 rings (SSSR count). The number of urea groups is 1. The summed E-state index contributed by atoms with van der Waals surface area (Å²) in [6.07, 6.45) is 0. The Bertz CT molecular complexity index is 813. The number of nitrogens with one attached hydrogen (secondary N) is 2. The third-order valence-corrected chi connectivity index (χ3v) is 3.36. The number of hydrogen-bond acceptors (Lipinski definition) is 6. The van der Waals surface area contributed by atoms with Crippen molar-refractivity contribution in [3.8, 4) is 11.5 Å². The first-order valence-electron chi connectivity index (χ1n) is 7.78. The minimum absolute atomic E-state index is 0.223. The van der Waals surface area contributed by atoms with Crippen molar-refractivity contribution in [2.24, 2.45) is 5.73 Å². The first-order valence-corrected chi connectivity index (χ1v) is 7.78. The van der Waals surface area contributed by atoms with Gasteiger partial charge < -0.3 is 30.6 Å². The van der Waals surface area contributed by atoms with E-state index in [1.165, 1.54) is 38.5 Å². The fraction of sp³-hybridized carbons (Fsp3) is 0.167. The molecule has 4 N–H and O–H groups in total. The van der Waals surface area contributed by atoms with Crippen molar-refractivity contribution in [3.63, 3.8) is 0 Å². The monoisotopic (exact) mass is 373 g/mol. The number of carbonyl (C=O) groups excluding carboxylic acids is 3. The predicted molar refractivity (Wildman–Crippen MR) is 98.1 cm³/mol. The molecule has 0 aliphatic heterocycles. The fourth-order valence-corrected chi connectivity index (χ4v) is 2.12. The molecule has 27 heavy (non-hydrogen) atoms. The van der Waals surface area contributed by atoms with Crippen LogP contribution in [0, 0.1) is 0 Å². The summed E-state index contributed by atoms with van der Waals surface area (Å²) in [5, 5.41) is 4.96. The van der Waals surface area contributed by atoms with Crippen LogP contribution in [0.3, 0.4) is 0 Å². The highest BCUT2D eigenvalue weighted by Gasteiger charge is 2.12. The molecule has 142 valence electrons. The second-order valence-corrected chi connectivity index (χ2v) is 5.29. The Kier molecular flexibility index (Phi) is 6.59. The fourth-order valence-electron chi connectivity index (χ4n) is 2.12. The molecule has 9 nitrogen and oxygen atoms in total. The number of anilines is 2. The third kappa shape index (κ3) is 5.92. The lowest BCUT2D eigenvalue weighted by Gasteiger charge is -2.10. The molecular weight excluding hydrogens is 354 g/mol. The average Bonchev–Trinajstić information content (AvgIpc) is 2.65. The molecule has 2 aromatic carbocycles. The average molecular weight is 373 g/mol. The highest BCUT2D eigenvalue weighted by molar-refractivity contribution is 5.96. The van der Waals surface area contributed by atoms with Gasteiger partial charge >= 0.3 is 12.0 Å². The lowest BCUT2D eigenvalue weighted by molar-refractivity contribution is -0.119. The number of carbonyl (C=O) groups is 3. The van der Waals surface area contributed by atoms with Gasteiger partial charge in [0, 0.05) is 29.6 Å². The van der Waals surface area contributed by atoms with E-state index in [9.17, 15) is 14.4 Å². The number of ether oxygens (including phenoxy) is 3. The van der Waals surface area contributed by atoms with Crippen molar-refractivity contribution in [2.45, 2.75) is 0 Å². The molecule has 0 unspecified atom stereocenters. The Morgan fingerprint density at radius 2 is 1.48 bits per heavy atom. The van der Waals surface area contributed by atoms with Gasteiger partial charge in [0.1, 0.15) is 11.5 Å². The van der Waals surface area contributed by atoms with E-state index in [2.05, 4.69) is 10.6 Å². The van der Waals surface area contributed by atoms with Crippen LogP contribution < -0.4 is 25.8 Å². The highest BCUT2D eigenvalue weighted by atomic mass is 16.5. The summed E-state index contributed by atoms with van der Waals surface area (Å²) in [5.41, 5.74) is 6.10. The number of benzene rings is 2. The molecule has 0 saturated carbocycles. The van der Waals surface area contributed by atoms with Gasteiger partial charge in [0.05, 0.1) is 19.8 Å². The molecule has 9 heteroatoms. The smallest absolute Gasteiger partial charge is 0.338 e.